The Morgan fingerprint density at radius 1 is 1.60 bits per heavy atom. The maximum Gasteiger partial charge on any atom is 0.339 e. The molecule has 0 aromatic heterocycles. The largest absolute Gasteiger partial charge is 0.496 e. The average molecular weight is 274 g/mol. The third-order valence-electron chi connectivity index (χ3n) is 2.01. The lowest BCUT2D eigenvalue weighted by molar-refractivity contribution is 0.0693. The Hall–Kier alpha value is -1.07. The van der Waals surface area contributed by atoms with E-state index in [1.54, 1.807) is 6.07 Å². The van der Waals surface area contributed by atoms with Crippen molar-refractivity contribution in [1.82, 2.24) is 0 Å². The van der Waals surface area contributed by atoms with Crippen molar-refractivity contribution in [3.63, 3.8) is 0 Å². The molecular weight excluding hydrogens is 262 g/mol. The highest BCUT2D eigenvalue weighted by molar-refractivity contribution is 9.10. The summed E-state index contributed by atoms with van der Waals surface area (Å²) < 4.78 is 5.75. The number of rotatable bonds is 4. The number of nitrogens with two attached hydrogens (primary N) is 1. The van der Waals surface area contributed by atoms with Crippen LogP contribution in [0.25, 0.3) is 0 Å². The van der Waals surface area contributed by atoms with Crippen molar-refractivity contribution >= 4 is 21.9 Å². The van der Waals surface area contributed by atoms with E-state index in [1.807, 2.05) is 0 Å². The van der Waals surface area contributed by atoms with Gasteiger partial charge in [-0.15, -0.1) is 0 Å². The molecule has 0 fully saturated rings. The fraction of sp³-hybridized carbons (Fsp3) is 0.300. The number of hydrogen-bond donors (Lipinski definition) is 2. The third kappa shape index (κ3) is 2.70. The zero-order valence-corrected chi connectivity index (χ0v) is 9.87. The van der Waals surface area contributed by atoms with Crippen LogP contribution >= 0.6 is 15.9 Å². The van der Waals surface area contributed by atoms with Crippen LogP contribution in [0, 0.1) is 0 Å². The molecule has 0 aliphatic carbocycles. The molecule has 5 heteroatoms. The van der Waals surface area contributed by atoms with E-state index in [0.29, 0.717) is 18.7 Å². The molecule has 4 nitrogen and oxygen atoms in total. The molecular formula is C10H12BrNO3. The molecule has 1 aromatic carbocycles. The monoisotopic (exact) mass is 273 g/mol. The number of aromatic carboxylic acids is 1. The average Bonchev–Trinajstić information content (AvgIpc) is 2.20. The van der Waals surface area contributed by atoms with E-state index in [0.717, 1.165) is 10.0 Å². The van der Waals surface area contributed by atoms with Crippen molar-refractivity contribution in [2.45, 2.75) is 6.42 Å². The van der Waals surface area contributed by atoms with E-state index in [-0.39, 0.29) is 5.56 Å². The second-order valence-corrected chi connectivity index (χ2v) is 3.84. The molecule has 0 unspecified atom stereocenters. The fourth-order valence-electron chi connectivity index (χ4n) is 1.28. The van der Waals surface area contributed by atoms with E-state index in [1.165, 1.54) is 13.2 Å². The summed E-state index contributed by atoms with van der Waals surface area (Å²) >= 11 is 3.31. The predicted octanol–water partition coefficient (Wildman–Crippen LogP) is 1.66. The first-order valence-electron chi connectivity index (χ1n) is 4.40. The Morgan fingerprint density at radius 3 is 2.73 bits per heavy atom. The first kappa shape index (κ1) is 12.0. The Balaban J connectivity index is 3.22. The van der Waals surface area contributed by atoms with Gasteiger partial charge in [-0.25, -0.2) is 4.79 Å². The molecule has 0 saturated carbocycles. The van der Waals surface area contributed by atoms with Crippen molar-refractivity contribution in [3.05, 3.63) is 27.7 Å². The van der Waals surface area contributed by atoms with E-state index >= 15 is 0 Å². The highest BCUT2D eigenvalue weighted by Crippen LogP contribution is 2.27. The van der Waals surface area contributed by atoms with Gasteiger partial charge in [-0.3, -0.25) is 0 Å². The number of benzene rings is 1. The fourth-order valence-corrected chi connectivity index (χ4v) is 1.82. The number of carboxylic acid groups (broad SMARTS) is 1. The van der Waals surface area contributed by atoms with Gasteiger partial charge in [-0.05, 0) is 30.7 Å². The first-order chi connectivity index (χ1) is 7.10. The summed E-state index contributed by atoms with van der Waals surface area (Å²) in [5.41, 5.74) is 6.53. The summed E-state index contributed by atoms with van der Waals surface area (Å²) in [7, 11) is 1.45. The number of ether oxygens (including phenoxy) is 1. The van der Waals surface area contributed by atoms with Crippen molar-refractivity contribution in [2.24, 2.45) is 5.73 Å². The van der Waals surface area contributed by atoms with Gasteiger partial charge in [-0.2, -0.15) is 0 Å². The first-order valence-corrected chi connectivity index (χ1v) is 5.19. The number of methoxy groups -OCH3 is 1. The maximum atomic E-state index is 10.9. The topological polar surface area (TPSA) is 72.5 Å². The molecule has 0 atom stereocenters. The second kappa shape index (κ2) is 5.14. The summed E-state index contributed by atoms with van der Waals surface area (Å²) in [5, 5.41) is 8.92. The molecule has 0 radical (unpaired) electrons. The minimum atomic E-state index is -1.01. The maximum absolute atomic E-state index is 10.9. The zero-order valence-electron chi connectivity index (χ0n) is 8.29. The van der Waals surface area contributed by atoms with Gasteiger partial charge in [0, 0.05) is 4.47 Å². The normalized spacial score (nSPS) is 10.1. The van der Waals surface area contributed by atoms with Gasteiger partial charge >= 0.3 is 5.97 Å². The summed E-state index contributed by atoms with van der Waals surface area (Å²) in [5.74, 6) is -0.652. The van der Waals surface area contributed by atoms with E-state index in [9.17, 15) is 4.79 Å². The van der Waals surface area contributed by atoms with Crippen LogP contribution in [0.1, 0.15) is 15.9 Å². The molecule has 0 bridgehead atoms. The molecule has 0 aliphatic heterocycles. The predicted molar refractivity (Wildman–Crippen MR) is 60.4 cm³/mol. The van der Waals surface area contributed by atoms with Gasteiger partial charge in [0.2, 0.25) is 0 Å². The highest BCUT2D eigenvalue weighted by Gasteiger charge is 2.13. The SMILES string of the molecule is COc1cc(CCN)c(Br)cc1C(=O)O. The van der Waals surface area contributed by atoms with Crippen molar-refractivity contribution < 1.29 is 14.6 Å². The van der Waals surface area contributed by atoms with Gasteiger partial charge in [0.1, 0.15) is 11.3 Å². The molecule has 0 heterocycles. The van der Waals surface area contributed by atoms with Crippen LogP contribution in [0.3, 0.4) is 0 Å². The van der Waals surface area contributed by atoms with Crippen molar-refractivity contribution in [1.29, 1.82) is 0 Å². The lowest BCUT2D eigenvalue weighted by Gasteiger charge is -2.09. The van der Waals surface area contributed by atoms with E-state index in [2.05, 4.69) is 15.9 Å². The van der Waals surface area contributed by atoms with Gasteiger partial charge in [0.25, 0.3) is 0 Å². The Morgan fingerprint density at radius 2 is 2.27 bits per heavy atom. The lowest BCUT2D eigenvalue weighted by Crippen LogP contribution is -2.06. The molecule has 0 aliphatic rings. The number of carbonyl (C=O) groups is 1. The number of carboxylic acids is 1. The Bertz CT molecular complexity index is 379. The molecule has 0 spiro atoms. The minimum absolute atomic E-state index is 0.144. The molecule has 1 aromatic rings. The molecule has 82 valence electrons. The molecule has 0 saturated heterocycles. The summed E-state index contributed by atoms with van der Waals surface area (Å²) in [6.07, 6.45) is 0.677. The smallest absolute Gasteiger partial charge is 0.339 e. The van der Waals surface area contributed by atoms with Crippen LogP contribution in [0.15, 0.2) is 16.6 Å². The van der Waals surface area contributed by atoms with Crippen LogP contribution in [-0.4, -0.2) is 24.7 Å². The number of halogens is 1. The molecule has 15 heavy (non-hydrogen) atoms. The standard InChI is InChI=1S/C10H12BrNO3/c1-15-9-4-6(2-3-12)8(11)5-7(9)10(13)14/h4-5H,2-3,12H2,1H3,(H,13,14). The van der Waals surface area contributed by atoms with Gasteiger partial charge < -0.3 is 15.6 Å². The Labute approximate surface area is 96.2 Å². The van der Waals surface area contributed by atoms with Crippen LogP contribution in [-0.2, 0) is 6.42 Å². The lowest BCUT2D eigenvalue weighted by atomic mass is 10.1. The second-order valence-electron chi connectivity index (χ2n) is 2.99. The van der Waals surface area contributed by atoms with Crippen LogP contribution < -0.4 is 10.5 Å². The summed E-state index contributed by atoms with van der Waals surface area (Å²) in [6, 6.07) is 3.23. The van der Waals surface area contributed by atoms with Crippen molar-refractivity contribution in [3.8, 4) is 5.75 Å². The zero-order chi connectivity index (χ0) is 11.4. The Kier molecular flexibility index (Phi) is 4.11. The molecule has 1 rings (SSSR count). The minimum Gasteiger partial charge on any atom is -0.496 e. The van der Waals surface area contributed by atoms with E-state index < -0.39 is 5.97 Å². The molecule has 0 amide bonds. The van der Waals surface area contributed by atoms with Crippen molar-refractivity contribution in [2.75, 3.05) is 13.7 Å². The quantitative estimate of drug-likeness (QED) is 0.875. The highest BCUT2D eigenvalue weighted by atomic mass is 79.9. The van der Waals surface area contributed by atoms with Gasteiger partial charge in [-0.1, -0.05) is 15.9 Å². The van der Waals surface area contributed by atoms with Crippen LogP contribution in [0.2, 0.25) is 0 Å². The van der Waals surface area contributed by atoms with Crippen LogP contribution in [0.5, 0.6) is 5.75 Å². The number of hydrogen-bond acceptors (Lipinski definition) is 3. The third-order valence-corrected chi connectivity index (χ3v) is 2.75. The van der Waals surface area contributed by atoms with Gasteiger partial charge in [0.15, 0.2) is 0 Å². The summed E-state index contributed by atoms with van der Waals surface area (Å²) in [4.78, 5) is 10.9. The van der Waals surface area contributed by atoms with Gasteiger partial charge in [0.05, 0.1) is 7.11 Å². The van der Waals surface area contributed by atoms with Crippen LogP contribution in [0.4, 0.5) is 0 Å². The van der Waals surface area contributed by atoms with E-state index in [4.69, 9.17) is 15.6 Å². The molecule has 3 N–H and O–H groups in total. The summed E-state index contributed by atoms with van der Waals surface area (Å²) in [6.45, 7) is 0.508.